The normalized spacial score (nSPS) is 18.0. The second-order valence-corrected chi connectivity index (χ2v) is 5.73. The first-order valence-electron chi connectivity index (χ1n) is 7.55. The van der Waals surface area contributed by atoms with Crippen LogP contribution in [-0.2, 0) is 0 Å². The molecule has 3 rings (SSSR count). The zero-order valence-corrected chi connectivity index (χ0v) is 12.8. The molecule has 1 aromatic carbocycles. The third kappa shape index (κ3) is 3.10. The van der Waals surface area contributed by atoms with Gasteiger partial charge in [-0.15, -0.1) is 0 Å². The van der Waals surface area contributed by atoms with Gasteiger partial charge >= 0.3 is 0 Å². The Balaban J connectivity index is 1.64. The Bertz CT molecular complexity index is 622. The Kier molecular flexibility index (Phi) is 4.09. The van der Waals surface area contributed by atoms with Crippen molar-refractivity contribution in [3.63, 3.8) is 0 Å². The minimum Gasteiger partial charge on any atom is -0.491 e. The van der Waals surface area contributed by atoms with Gasteiger partial charge in [-0.3, -0.25) is 4.79 Å². The van der Waals surface area contributed by atoms with Gasteiger partial charge in [0.25, 0.3) is 5.91 Å². The first-order chi connectivity index (χ1) is 10.6. The average Bonchev–Trinajstić information content (AvgIpc) is 3.18. The molecule has 116 valence electrons. The Morgan fingerprint density at radius 3 is 2.55 bits per heavy atom. The molecule has 2 aromatic rings. The van der Waals surface area contributed by atoms with E-state index in [0.29, 0.717) is 12.1 Å². The third-order valence-electron chi connectivity index (χ3n) is 3.69. The summed E-state index contributed by atoms with van der Waals surface area (Å²) in [4.78, 5) is 16.1. The summed E-state index contributed by atoms with van der Waals surface area (Å²) in [6.07, 6.45) is 4.34. The highest BCUT2D eigenvalue weighted by atomic mass is 16.5. The highest BCUT2D eigenvalue weighted by Gasteiger charge is 2.28. The molecule has 2 heterocycles. The molecule has 0 N–H and O–H groups in total. The topological polar surface area (TPSA) is 60.2 Å². The SMILES string of the molecule is CC(C)Oc1ccc(C(=O)N2CCC(n3nccn3)C2)cc1. The first-order valence-corrected chi connectivity index (χ1v) is 7.55. The van der Waals surface area contributed by atoms with E-state index in [2.05, 4.69) is 10.2 Å². The predicted octanol–water partition coefficient (Wildman–Crippen LogP) is 2.15. The summed E-state index contributed by atoms with van der Waals surface area (Å²) in [5.74, 6) is 0.831. The van der Waals surface area contributed by atoms with Gasteiger partial charge in [0.1, 0.15) is 5.75 Å². The molecule has 0 saturated carbocycles. The fraction of sp³-hybridized carbons (Fsp3) is 0.438. The number of rotatable bonds is 4. The summed E-state index contributed by atoms with van der Waals surface area (Å²) in [5.41, 5.74) is 0.685. The standard InChI is InChI=1S/C16H20N4O2/c1-12(2)22-15-5-3-13(4-6-15)16(21)19-10-7-14(11-19)20-17-8-9-18-20/h3-6,8-9,12,14H,7,10-11H2,1-2H3. The van der Waals surface area contributed by atoms with Crippen LogP contribution >= 0.6 is 0 Å². The lowest BCUT2D eigenvalue weighted by molar-refractivity contribution is 0.0786. The highest BCUT2D eigenvalue weighted by Crippen LogP contribution is 2.22. The number of benzene rings is 1. The van der Waals surface area contributed by atoms with Crippen LogP contribution < -0.4 is 4.74 Å². The minimum atomic E-state index is 0.0470. The lowest BCUT2D eigenvalue weighted by Gasteiger charge is -2.17. The molecule has 1 unspecified atom stereocenters. The number of ether oxygens (including phenoxy) is 1. The van der Waals surface area contributed by atoms with Gasteiger partial charge in [0.05, 0.1) is 24.5 Å². The summed E-state index contributed by atoms with van der Waals surface area (Å²) < 4.78 is 5.60. The average molecular weight is 300 g/mol. The van der Waals surface area contributed by atoms with Crippen molar-refractivity contribution >= 4 is 5.91 Å². The fourth-order valence-corrected chi connectivity index (χ4v) is 2.66. The molecule has 0 spiro atoms. The third-order valence-corrected chi connectivity index (χ3v) is 3.69. The van der Waals surface area contributed by atoms with E-state index in [1.54, 1.807) is 17.2 Å². The van der Waals surface area contributed by atoms with Crippen molar-refractivity contribution in [1.82, 2.24) is 19.9 Å². The van der Waals surface area contributed by atoms with E-state index >= 15 is 0 Å². The molecule has 1 fully saturated rings. The Morgan fingerprint density at radius 1 is 1.23 bits per heavy atom. The van der Waals surface area contributed by atoms with Crippen LogP contribution in [0.3, 0.4) is 0 Å². The van der Waals surface area contributed by atoms with Gasteiger partial charge in [-0.1, -0.05) is 0 Å². The Hall–Kier alpha value is -2.37. The van der Waals surface area contributed by atoms with Crippen LogP contribution in [0, 0.1) is 0 Å². The van der Waals surface area contributed by atoms with Gasteiger partial charge in [0.15, 0.2) is 0 Å². The van der Waals surface area contributed by atoms with Gasteiger partial charge in [-0.25, -0.2) is 0 Å². The van der Waals surface area contributed by atoms with Gasteiger partial charge in [-0.05, 0) is 44.5 Å². The molecule has 0 radical (unpaired) electrons. The van der Waals surface area contributed by atoms with E-state index in [-0.39, 0.29) is 18.1 Å². The molecular weight excluding hydrogens is 280 g/mol. The molecule has 0 bridgehead atoms. The van der Waals surface area contributed by atoms with Crippen LogP contribution in [0.5, 0.6) is 5.75 Å². The molecule has 1 atom stereocenters. The van der Waals surface area contributed by atoms with E-state index in [4.69, 9.17) is 4.74 Å². The summed E-state index contributed by atoms with van der Waals surface area (Å²) in [5, 5.41) is 8.31. The molecule has 1 saturated heterocycles. The Labute approximate surface area is 129 Å². The number of carbonyl (C=O) groups is 1. The number of nitrogens with zero attached hydrogens (tertiary/aromatic N) is 4. The van der Waals surface area contributed by atoms with Crippen molar-refractivity contribution in [2.45, 2.75) is 32.4 Å². The van der Waals surface area contributed by atoms with Crippen LogP contribution in [0.25, 0.3) is 0 Å². The summed E-state index contributed by atoms with van der Waals surface area (Å²) in [7, 11) is 0. The number of aromatic nitrogens is 3. The van der Waals surface area contributed by atoms with E-state index in [1.165, 1.54) is 0 Å². The molecule has 1 aliphatic rings. The van der Waals surface area contributed by atoms with Crippen molar-refractivity contribution in [2.75, 3.05) is 13.1 Å². The molecule has 22 heavy (non-hydrogen) atoms. The van der Waals surface area contributed by atoms with Crippen LogP contribution in [0.2, 0.25) is 0 Å². The number of amides is 1. The molecular formula is C16H20N4O2. The number of hydrogen-bond acceptors (Lipinski definition) is 4. The molecule has 1 aromatic heterocycles. The highest BCUT2D eigenvalue weighted by molar-refractivity contribution is 5.94. The maximum Gasteiger partial charge on any atom is 0.253 e. The van der Waals surface area contributed by atoms with Gasteiger partial charge in [0.2, 0.25) is 0 Å². The number of hydrogen-bond donors (Lipinski definition) is 0. The summed E-state index contributed by atoms with van der Waals surface area (Å²) in [6.45, 7) is 5.34. The zero-order chi connectivity index (χ0) is 15.5. The van der Waals surface area contributed by atoms with Crippen molar-refractivity contribution in [3.8, 4) is 5.75 Å². The monoisotopic (exact) mass is 300 g/mol. The van der Waals surface area contributed by atoms with E-state index in [0.717, 1.165) is 18.7 Å². The first kappa shape index (κ1) is 14.6. The van der Waals surface area contributed by atoms with Crippen LogP contribution in [0.15, 0.2) is 36.7 Å². The number of carbonyl (C=O) groups excluding carboxylic acids is 1. The maximum absolute atomic E-state index is 12.5. The largest absolute Gasteiger partial charge is 0.491 e. The van der Waals surface area contributed by atoms with Crippen molar-refractivity contribution < 1.29 is 9.53 Å². The lowest BCUT2D eigenvalue weighted by Crippen LogP contribution is -2.29. The van der Waals surface area contributed by atoms with E-state index < -0.39 is 0 Å². The van der Waals surface area contributed by atoms with Crippen molar-refractivity contribution in [1.29, 1.82) is 0 Å². The van der Waals surface area contributed by atoms with Gasteiger partial charge in [0, 0.05) is 18.7 Å². The van der Waals surface area contributed by atoms with Crippen LogP contribution in [-0.4, -0.2) is 45.0 Å². The molecule has 6 nitrogen and oxygen atoms in total. The quantitative estimate of drug-likeness (QED) is 0.868. The molecule has 1 amide bonds. The second-order valence-electron chi connectivity index (χ2n) is 5.73. The predicted molar refractivity (Wildman–Crippen MR) is 81.8 cm³/mol. The van der Waals surface area contributed by atoms with Crippen molar-refractivity contribution in [2.24, 2.45) is 0 Å². The Morgan fingerprint density at radius 2 is 1.91 bits per heavy atom. The zero-order valence-electron chi connectivity index (χ0n) is 12.8. The lowest BCUT2D eigenvalue weighted by atomic mass is 10.2. The van der Waals surface area contributed by atoms with E-state index in [9.17, 15) is 4.79 Å². The smallest absolute Gasteiger partial charge is 0.253 e. The second kappa shape index (κ2) is 6.17. The summed E-state index contributed by atoms with van der Waals surface area (Å²) >= 11 is 0. The molecule has 6 heteroatoms. The van der Waals surface area contributed by atoms with Gasteiger partial charge in [-0.2, -0.15) is 15.0 Å². The van der Waals surface area contributed by atoms with E-state index in [1.807, 2.05) is 43.0 Å². The van der Waals surface area contributed by atoms with Crippen LogP contribution in [0.1, 0.15) is 36.7 Å². The molecule has 1 aliphatic heterocycles. The fourth-order valence-electron chi connectivity index (χ4n) is 2.66. The maximum atomic E-state index is 12.5. The van der Waals surface area contributed by atoms with Gasteiger partial charge < -0.3 is 9.64 Å². The summed E-state index contributed by atoms with van der Waals surface area (Å²) in [6, 6.07) is 7.49. The minimum absolute atomic E-state index is 0.0470. The number of likely N-dealkylation sites (tertiary alicyclic amines) is 1. The van der Waals surface area contributed by atoms with Crippen LogP contribution in [0.4, 0.5) is 0 Å². The van der Waals surface area contributed by atoms with Crippen molar-refractivity contribution in [3.05, 3.63) is 42.2 Å². The molecule has 0 aliphatic carbocycles.